The van der Waals surface area contributed by atoms with Crippen LogP contribution in [0, 0.1) is 5.82 Å². The fourth-order valence-corrected chi connectivity index (χ4v) is 1.59. The van der Waals surface area contributed by atoms with Crippen molar-refractivity contribution in [3.63, 3.8) is 0 Å². The van der Waals surface area contributed by atoms with Crippen LogP contribution in [0.4, 0.5) is 4.39 Å². The minimum atomic E-state index is -1.15. The Balaban J connectivity index is 2.52. The Kier molecular flexibility index (Phi) is 4.86. The van der Waals surface area contributed by atoms with Crippen molar-refractivity contribution < 1.29 is 14.6 Å². The van der Waals surface area contributed by atoms with Gasteiger partial charge < -0.3 is 15.5 Å². The van der Waals surface area contributed by atoms with Crippen LogP contribution in [-0.4, -0.2) is 29.0 Å². The van der Waals surface area contributed by atoms with E-state index in [0.717, 1.165) is 10.0 Å². The van der Waals surface area contributed by atoms with Gasteiger partial charge >= 0.3 is 0 Å². The van der Waals surface area contributed by atoms with Crippen molar-refractivity contribution in [1.29, 1.82) is 0 Å². The Hall–Kier alpha value is -0.490. The minimum Gasteiger partial charge on any atom is -0.393 e. The van der Waals surface area contributed by atoms with Crippen LogP contribution >= 0.6 is 15.9 Å². The van der Waals surface area contributed by atoms with Gasteiger partial charge in [0.25, 0.3) is 0 Å². The fraction of sp³-hybridized carbons (Fsp3) is 0.455. The van der Waals surface area contributed by atoms with E-state index in [9.17, 15) is 9.50 Å². The molecule has 0 amide bonds. The van der Waals surface area contributed by atoms with Crippen LogP contribution in [0.3, 0.4) is 0 Å². The molecule has 1 rings (SSSR count). The summed E-state index contributed by atoms with van der Waals surface area (Å²) in [5.74, 6) is -0.297. The summed E-state index contributed by atoms with van der Waals surface area (Å²) in [6, 6.07) is 4.43. The predicted octanol–water partition coefficient (Wildman–Crippen LogP) is 1.42. The molecule has 0 aliphatic carbocycles. The summed E-state index contributed by atoms with van der Waals surface area (Å²) in [7, 11) is 0. The van der Waals surface area contributed by atoms with Crippen LogP contribution in [0.1, 0.15) is 12.5 Å². The zero-order valence-electron chi connectivity index (χ0n) is 9.00. The lowest BCUT2D eigenvalue weighted by Crippen LogP contribution is -2.40. The zero-order valence-corrected chi connectivity index (χ0v) is 10.6. The maximum absolute atomic E-state index is 12.9. The molecular formula is C11H15BrFNO2. The molecule has 0 heterocycles. The molecule has 0 fully saturated rings. The van der Waals surface area contributed by atoms with E-state index in [1.165, 1.54) is 19.1 Å². The number of hydrogen-bond acceptors (Lipinski definition) is 3. The third kappa shape index (κ3) is 4.17. The molecule has 0 bridgehead atoms. The standard InChI is InChI=1S/C11H15BrFNO2/c1-11(16,7-15)6-14-5-8-4-9(13)2-3-10(8)12/h2-4,14-16H,5-7H2,1H3. The maximum atomic E-state index is 12.9. The SMILES string of the molecule is CC(O)(CO)CNCc1cc(F)ccc1Br. The molecule has 3 N–H and O–H groups in total. The van der Waals surface area contributed by atoms with Gasteiger partial charge in [-0.15, -0.1) is 0 Å². The molecule has 0 spiro atoms. The Morgan fingerprint density at radius 2 is 2.19 bits per heavy atom. The Morgan fingerprint density at radius 1 is 1.50 bits per heavy atom. The summed E-state index contributed by atoms with van der Waals surface area (Å²) in [6.07, 6.45) is 0. The van der Waals surface area contributed by atoms with Gasteiger partial charge in [0.05, 0.1) is 12.2 Å². The monoisotopic (exact) mass is 291 g/mol. The highest BCUT2D eigenvalue weighted by molar-refractivity contribution is 9.10. The van der Waals surface area contributed by atoms with E-state index in [-0.39, 0.29) is 19.0 Å². The largest absolute Gasteiger partial charge is 0.393 e. The smallest absolute Gasteiger partial charge is 0.123 e. The number of aliphatic hydroxyl groups is 2. The van der Waals surface area contributed by atoms with E-state index in [1.807, 2.05) is 0 Å². The van der Waals surface area contributed by atoms with Crippen LogP contribution in [0.2, 0.25) is 0 Å². The number of halogens is 2. The lowest BCUT2D eigenvalue weighted by atomic mass is 10.1. The molecule has 16 heavy (non-hydrogen) atoms. The number of nitrogens with one attached hydrogen (secondary N) is 1. The minimum absolute atomic E-state index is 0.243. The first-order valence-corrected chi connectivity index (χ1v) is 5.72. The molecule has 0 saturated carbocycles. The van der Waals surface area contributed by atoms with Gasteiger partial charge in [-0.2, -0.15) is 0 Å². The van der Waals surface area contributed by atoms with Gasteiger partial charge in [-0.3, -0.25) is 0 Å². The summed E-state index contributed by atoms with van der Waals surface area (Å²) in [4.78, 5) is 0. The Labute approximate surface area is 102 Å². The first-order chi connectivity index (χ1) is 7.44. The van der Waals surface area contributed by atoms with E-state index < -0.39 is 5.60 Å². The van der Waals surface area contributed by atoms with Crippen molar-refractivity contribution in [3.05, 3.63) is 34.1 Å². The molecule has 5 heteroatoms. The molecule has 90 valence electrons. The summed E-state index contributed by atoms with van der Waals surface area (Å²) in [5, 5.41) is 21.3. The normalized spacial score (nSPS) is 14.8. The molecule has 3 nitrogen and oxygen atoms in total. The number of benzene rings is 1. The van der Waals surface area contributed by atoms with Crippen molar-refractivity contribution in [3.8, 4) is 0 Å². The highest BCUT2D eigenvalue weighted by atomic mass is 79.9. The van der Waals surface area contributed by atoms with Gasteiger partial charge in [-0.25, -0.2) is 4.39 Å². The molecule has 0 saturated heterocycles. The van der Waals surface area contributed by atoms with E-state index in [4.69, 9.17) is 5.11 Å². The molecule has 0 aliphatic rings. The van der Waals surface area contributed by atoms with E-state index in [2.05, 4.69) is 21.2 Å². The fourth-order valence-electron chi connectivity index (χ4n) is 1.20. The van der Waals surface area contributed by atoms with Crippen molar-refractivity contribution in [2.24, 2.45) is 0 Å². The lowest BCUT2D eigenvalue weighted by Gasteiger charge is -2.20. The van der Waals surface area contributed by atoms with Crippen LogP contribution < -0.4 is 5.32 Å². The second kappa shape index (κ2) is 5.72. The third-order valence-electron chi connectivity index (χ3n) is 2.17. The third-order valence-corrected chi connectivity index (χ3v) is 2.94. The summed E-state index contributed by atoms with van der Waals surface area (Å²) >= 11 is 3.31. The van der Waals surface area contributed by atoms with Gasteiger partial charge in [0, 0.05) is 17.6 Å². The second-order valence-corrected chi connectivity index (χ2v) is 4.85. The van der Waals surface area contributed by atoms with Crippen molar-refractivity contribution in [2.45, 2.75) is 19.1 Å². The van der Waals surface area contributed by atoms with Crippen molar-refractivity contribution >= 4 is 15.9 Å². The molecule has 1 aromatic rings. The average Bonchev–Trinajstić information content (AvgIpc) is 2.23. The predicted molar refractivity (Wildman–Crippen MR) is 63.5 cm³/mol. The van der Waals surface area contributed by atoms with Crippen molar-refractivity contribution in [1.82, 2.24) is 5.32 Å². The van der Waals surface area contributed by atoms with E-state index in [0.29, 0.717) is 6.54 Å². The maximum Gasteiger partial charge on any atom is 0.123 e. The Bertz CT molecular complexity index is 358. The topological polar surface area (TPSA) is 52.5 Å². The van der Waals surface area contributed by atoms with Gasteiger partial charge in [0.1, 0.15) is 5.82 Å². The number of rotatable bonds is 5. The number of hydrogen-bond donors (Lipinski definition) is 3. The summed E-state index contributed by atoms with van der Waals surface area (Å²) in [5.41, 5.74) is -0.381. The molecule has 0 radical (unpaired) electrons. The first kappa shape index (κ1) is 13.6. The van der Waals surface area contributed by atoms with E-state index in [1.54, 1.807) is 6.07 Å². The number of aliphatic hydroxyl groups excluding tert-OH is 1. The summed E-state index contributed by atoms with van der Waals surface area (Å²) in [6.45, 7) is 1.88. The van der Waals surface area contributed by atoms with Gasteiger partial charge in [-0.05, 0) is 30.7 Å². The van der Waals surface area contributed by atoms with Crippen LogP contribution in [-0.2, 0) is 6.54 Å². The van der Waals surface area contributed by atoms with Gasteiger partial charge in [0.2, 0.25) is 0 Å². The molecule has 0 aliphatic heterocycles. The molecule has 0 aromatic heterocycles. The quantitative estimate of drug-likeness (QED) is 0.769. The molecular weight excluding hydrogens is 277 g/mol. The van der Waals surface area contributed by atoms with Crippen molar-refractivity contribution in [2.75, 3.05) is 13.2 Å². The lowest BCUT2D eigenvalue weighted by molar-refractivity contribution is 0.00253. The summed E-state index contributed by atoms with van der Waals surface area (Å²) < 4.78 is 13.7. The van der Waals surface area contributed by atoms with E-state index >= 15 is 0 Å². The Morgan fingerprint density at radius 3 is 2.81 bits per heavy atom. The highest BCUT2D eigenvalue weighted by Gasteiger charge is 2.17. The first-order valence-electron chi connectivity index (χ1n) is 4.92. The second-order valence-electron chi connectivity index (χ2n) is 3.99. The van der Waals surface area contributed by atoms with Crippen LogP contribution in [0.5, 0.6) is 0 Å². The molecule has 1 aromatic carbocycles. The molecule has 1 unspecified atom stereocenters. The van der Waals surface area contributed by atoms with Gasteiger partial charge in [-0.1, -0.05) is 15.9 Å². The molecule has 1 atom stereocenters. The highest BCUT2D eigenvalue weighted by Crippen LogP contribution is 2.17. The van der Waals surface area contributed by atoms with Crippen LogP contribution in [0.25, 0.3) is 0 Å². The average molecular weight is 292 g/mol. The zero-order chi connectivity index (χ0) is 12.2. The van der Waals surface area contributed by atoms with Crippen LogP contribution in [0.15, 0.2) is 22.7 Å². The van der Waals surface area contributed by atoms with Gasteiger partial charge in [0.15, 0.2) is 0 Å².